The first-order valence-electron chi connectivity index (χ1n) is 5.27. The minimum Gasteiger partial charge on any atom is -0.380 e. The first kappa shape index (κ1) is 12.5. The third-order valence-corrected chi connectivity index (χ3v) is 2.28. The van der Waals surface area contributed by atoms with Crippen LogP contribution in [0, 0.1) is 6.92 Å². The van der Waals surface area contributed by atoms with E-state index in [2.05, 4.69) is 18.3 Å². The third kappa shape index (κ3) is 5.17. The Labute approximate surface area is 96.6 Å². The molecule has 1 aromatic rings. The van der Waals surface area contributed by atoms with E-state index in [1.54, 1.807) is 0 Å². The van der Waals surface area contributed by atoms with Crippen LogP contribution >= 0.6 is 11.6 Å². The van der Waals surface area contributed by atoms with Crippen LogP contribution in [0.4, 0.5) is 0 Å². The lowest BCUT2D eigenvalue weighted by Gasteiger charge is -2.06. The smallest absolute Gasteiger partial charge is 0.0590 e. The van der Waals surface area contributed by atoms with E-state index in [0.717, 1.165) is 31.3 Å². The second-order valence-corrected chi connectivity index (χ2v) is 3.95. The summed E-state index contributed by atoms with van der Waals surface area (Å²) in [4.78, 5) is 0. The molecule has 15 heavy (non-hydrogen) atoms. The molecule has 0 fully saturated rings. The summed E-state index contributed by atoms with van der Waals surface area (Å²) in [5, 5.41) is 4.11. The topological polar surface area (TPSA) is 21.3 Å². The van der Waals surface area contributed by atoms with Crippen LogP contribution in [0.15, 0.2) is 18.2 Å². The quantitative estimate of drug-likeness (QED) is 0.755. The zero-order chi connectivity index (χ0) is 11.1. The van der Waals surface area contributed by atoms with Gasteiger partial charge in [0.1, 0.15) is 0 Å². The Morgan fingerprint density at radius 2 is 2.13 bits per heavy atom. The first-order valence-corrected chi connectivity index (χ1v) is 5.64. The number of benzene rings is 1. The van der Waals surface area contributed by atoms with Crippen LogP contribution in [0.25, 0.3) is 0 Å². The maximum Gasteiger partial charge on any atom is 0.0590 e. The predicted molar refractivity (Wildman–Crippen MR) is 64.4 cm³/mol. The van der Waals surface area contributed by atoms with Crippen molar-refractivity contribution in [3.8, 4) is 0 Å². The molecule has 1 aromatic carbocycles. The molecular weight excluding hydrogens is 210 g/mol. The van der Waals surface area contributed by atoms with Crippen molar-refractivity contribution in [2.45, 2.75) is 20.4 Å². The Morgan fingerprint density at radius 3 is 2.80 bits per heavy atom. The van der Waals surface area contributed by atoms with Crippen LogP contribution in [0.1, 0.15) is 18.1 Å². The molecule has 2 nitrogen and oxygen atoms in total. The maximum atomic E-state index is 5.96. The molecule has 0 spiro atoms. The molecule has 0 aliphatic carbocycles. The summed E-state index contributed by atoms with van der Waals surface area (Å²) in [6.07, 6.45) is 0. The van der Waals surface area contributed by atoms with Crippen molar-refractivity contribution < 1.29 is 4.74 Å². The van der Waals surface area contributed by atoms with E-state index in [1.807, 2.05) is 19.1 Å². The SMILES string of the molecule is CCOCCNCc1cc(C)cc(Cl)c1. The first-order chi connectivity index (χ1) is 7.22. The fourth-order valence-electron chi connectivity index (χ4n) is 1.44. The minimum atomic E-state index is 0.760. The van der Waals surface area contributed by atoms with Gasteiger partial charge in [0.05, 0.1) is 6.61 Å². The van der Waals surface area contributed by atoms with Crippen molar-refractivity contribution in [1.29, 1.82) is 0 Å². The van der Waals surface area contributed by atoms with Crippen LogP contribution in [0.5, 0.6) is 0 Å². The summed E-state index contributed by atoms with van der Waals surface area (Å²) in [6, 6.07) is 6.09. The molecule has 0 aliphatic rings. The molecule has 0 unspecified atom stereocenters. The van der Waals surface area contributed by atoms with Crippen LogP contribution in [-0.4, -0.2) is 19.8 Å². The fourth-order valence-corrected chi connectivity index (χ4v) is 1.75. The van der Waals surface area contributed by atoms with E-state index in [0.29, 0.717) is 0 Å². The molecule has 0 saturated carbocycles. The zero-order valence-corrected chi connectivity index (χ0v) is 10.1. The summed E-state index contributed by atoms with van der Waals surface area (Å²) >= 11 is 5.96. The number of ether oxygens (including phenoxy) is 1. The van der Waals surface area contributed by atoms with E-state index in [4.69, 9.17) is 16.3 Å². The van der Waals surface area contributed by atoms with E-state index >= 15 is 0 Å². The molecule has 0 aromatic heterocycles. The second-order valence-electron chi connectivity index (χ2n) is 3.51. The third-order valence-electron chi connectivity index (χ3n) is 2.06. The highest BCUT2D eigenvalue weighted by Crippen LogP contribution is 2.14. The molecule has 0 aliphatic heterocycles. The maximum absolute atomic E-state index is 5.96. The molecule has 1 rings (SSSR count). The van der Waals surface area contributed by atoms with Gasteiger partial charge in [-0.05, 0) is 37.1 Å². The lowest BCUT2D eigenvalue weighted by atomic mass is 10.1. The summed E-state index contributed by atoms with van der Waals surface area (Å²) in [5.74, 6) is 0. The molecule has 3 heteroatoms. The number of hydrogen-bond acceptors (Lipinski definition) is 2. The predicted octanol–water partition coefficient (Wildman–Crippen LogP) is 2.77. The molecule has 0 amide bonds. The number of hydrogen-bond donors (Lipinski definition) is 1. The molecule has 0 bridgehead atoms. The second kappa shape index (κ2) is 6.83. The summed E-state index contributed by atoms with van der Waals surface area (Å²) in [6.45, 7) is 7.30. The van der Waals surface area contributed by atoms with Crippen molar-refractivity contribution in [2.24, 2.45) is 0 Å². The van der Waals surface area contributed by atoms with Gasteiger partial charge in [-0.15, -0.1) is 0 Å². The van der Waals surface area contributed by atoms with Gasteiger partial charge < -0.3 is 10.1 Å². The molecule has 1 N–H and O–H groups in total. The van der Waals surface area contributed by atoms with Crippen molar-refractivity contribution in [3.63, 3.8) is 0 Å². The Hall–Kier alpha value is -0.570. The van der Waals surface area contributed by atoms with Gasteiger partial charge in [0, 0.05) is 24.7 Å². The van der Waals surface area contributed by atoms with Crippen molar-refractivity contribution in [3.05, 3.63) is 34.3 Å². The van der Waals surface area contributed by atoms with Gasteiger partial charge in [-0.25, -0.2) is 0 Å². The van der Waals surface area contributed by atoms with Gasteiger partial charge >= 0.3 is 0 Å². The van der Waals surface area contributed by atoms with E-state index in [-0.39, 0.29) is 0 Å². The number of nitrogens with one attached hydrogen (secondary N) is 1. The van der Waals surface area contributed by atoms with Crippen molar-refractivity contribution in [1.82, 2.24) is 5.32 Å². The van der Waals surface area contributed by atoms with Gasteiger partial charge in [0.2, 0.25) is 0 Å². The number of rotatable bonds is 6. The van der Waals surface area contributed by atoms with Gasteiger partial charge in [-0.1, -0.05) is 17.7 Å². The van der Waals surface area contributed by atoms with Gasteiger partial charge in [0.15, 0.2) is 0 Å². The lowest BCUT2D eigenvalue weighted by molar-refractivity contribution is 0.149. The van der Waals surface area contributed by atoms with E-state index in [9.17, 15) is 0 Å². The normalized spacial score (nSPS) is 10.6. The van der Waals surface area contributed by atoms with Crippen LogP contribution < -0.4 is 5.32 Å². The number of halogens is 1. The minimum absolute atomic E-state index is 0.760. The van der Waals surface area contributed by atoms with E-state index < -0.39 is 0 Å². The van der Waals surface area contributed by atoms with Gasteiger partial charge in [-0.3, -0.25) is 0 Å². The molecule has 0 atom stereocenters. The Bertz CT molecular complexity index is 281. The summed E-state index contributed by atoms with van der Waals surface area (Å²) in [7, 11) is 0. The summed E-state index contributed by atoms with van der Waals surface area (Å²) < 4.78 is 5.23. The molecule has 0 radical (unpaired) electrons. The Balaban J connectivity index is 2.31. The average Bonchev–Trinajstić information content (AvgIpc) is 2.16. The van der Waals surface area contributed by atoms with Crippen LogP contribution in [0.3, 0.4) is 0 Å². The molecule has 0 heterocycles. The van der Waals surface area contributed by atoms with Crippen molar-refractivity contribution in [2.75, 3.05) is 19.8 Å². The lowest BCUT2D eigenvalue weighted by Crippen LogP contribution is -2.19. The monoisotopic (exact) mass is 227 g/mol. The molecule has 0 saturated heterocycles. The van der Waals surface area contributed by atoms with Crippen molar-refractivity contribution >= 4 is 11.6 Å². The summed E-state index contributed by atoms with van der Waals surface area (Å²) in [5.41, 5.74) is 2.42. The highest BCUT2D eigenvalue weighted by molar-refractivity contribution is 6.30. The molecular formula is C12H18ClNO. The largest absolute Gasteiger partial charge is 0.380 e. The van der Waals surface area contributed by atoms with E-state index in [1.165, 1.54) is 11.1 Å². The average molecular weight is 228 g/mol. The van der Waals surface area contributed by atoms with Gasteiger partial charge in [0.25, 0.3) is 0 Å². The number of aryl methyl sites for hydroxylation is 1. The Kier molecular flexibility index (Phi) is 5.69. The van der Waals surface area contributed by atoms with Crippen LogP contribution in [-0.2, 0) is 11.3 Å². The standard InChI is InChI=1S/C12H18ClNO/c1-3-15-5-4-14-9-11-6-10(2)7-12(13)8-11/h6-8,14H,3-5,9H2,1-2H3. The van der Waals surface area contributed by atoms with Crippen LogP contribution in [0.2, 0.25) is 5.02 Å². The highest BCUT2D eigenvalue weighted by Gasteiger charge is 1.96. The fraction of sp³-hybridized carbons (Fsp3) is 0.500. The zero-order valence-electron chi connectivity index (χ0n) is 9.35. The molecule has 84 valence electrons. The Morgan fingerprint density at radius 1 is 1.33 bits per heavy atom. The highest BCUT2D eigenvalue weighted by atomic mass is 35.5. The van der Waals surface area contributed by atoms with Gasteiger partial charge in [-0.2, -0.15) is 0 Å².